The van der Waals surface area contributed by atoms with Gasteiger partial charge in [-0.2, -0.15) is 0 Å². The Bertz CT molecular complexity index is 743. The van der Waals surface area contributed by atoms with Crippen LogP contribution in [-0.4, -0.2) is 14.7 Å². The molecule has 21 heavy (non-hydrogen) atoms. The van der Waals surface area contributed by atoms with Crippen LogP contribution in [0.2, 0.25) is 0 Å². The number of anilines is 1. The van der Waals surface area contributed by atoms with Gasteiger partial charge in [0.05, 0.1) is 10.6 Å². The highest BCUT2D eigenvalue weighted by molar-refractivity contribution is 7.99. The normalized spacial score (nSPS) is 11.4. The summed E-state index contributed by atoms with van der Waals surface area (Å²) in [6.07, 6.45) is 1.91. The van der Waals surface area contributed by atoms with E-state index in [0.717, 1.165) is 10.5 Å². The summed E-state index contributed by atoms with van der Waals surface area (Å²) in [6.45, 7) is 2.09. The van der Waals surface area contributed by atoms with Gasteiger partial charge in [-0.05, 0) is 42.5 Å². The molecule has 0 saturated heterocycles. The van der Waals surface area contributed by atoms with Crippen LogP contribution in [0.5, 0.6) is 0 Å². The molecule has 0 aromatic heterocycles. The Balaban J connectivity index is 2.44. The van der Waals surface area contributed by atoms with Gasteiger partial charge in [0, 0.05) is 11.4 Å². The van der Waals surface area contributed by atoms with Crippen LogP contribution in [0.4, 0.5) is 5.69 Å². The van der Waals surface area contributed by atoms with E-state index in [4.69, 9.17) is 5.73 Å². The average molecular weight is 322 g/mol. The average Bonchev–Trinajstić information content (AvgIpc) is 2.47. The lowest BCUT2D eigenvalue weighted by Gasteiger charge is -2.14. The zero-order valence-corrected chi connectivity index (χ0v) is 13.6. The maximum Gasteiger partial charge on any atom is 0.262 e. The molecule has 0 bridgehead atoms. The fraction of sp³-hybridized carbons (Fsp3) is 0.200. The molecule has 112 valence electrons. The molecule has 0 heterocycles. The zero-order valence-electron chi connectivity index (χ0n) is 12.0. The van der Waals surface area contributed by atoms with Crippen molar-refractivity contribution in [2.45, 2.75) is 23.3 Å². The van der Waals surface area contributed by atoms with Crippen molar-refractivity contribution >= 4 is 27.5 Å². The molecular formula is C15H18N2O2S2. The largest absolute Gasteiger partial charge is 0.326 e. The number of thioether (sulfide) groups is 1. The van der Waals surface area contributed by atoms with Gasteiger partial charge in [-0.3, -0.25) is 4.72 Å². The molecule has 0 aliphatic heterocycles. The molecule has 0 radical (unpaired) electrons. The standard InChI is InChI=1S/C15H18N2O2S2/c1-11-12(10-16)6-5-9-15(11)21(18,19)17-13-7-3-4-8-14(13)20-2/h3-9,17H,10,16H2,1-2H3. The first-order valence-electron chi connectivity index (χ1n) is 6.44. The van der Waals surface area contributed by atoms with Crippen molar-refractivity contribution in [1.82, 2.24) is 0 Å². The number of benzene rings is 2. The third-order valence-electron chi connectivity index (χ3n) is 3.26. The minimum Gasteiger partial charge on any atom is -0.326 e. The second-order valence-electron chi connectivity index (χ2n) is 4.55. The molecule has 0 aliphatic rings. The number of nitrogens with two attached hydrogens (primary N) is 1. The molecule has 2 rings (SSSR count). The lowest BCUT2D eigenvalue weighted by Crippen LogP contribution is -2.16. The Morgan fingerprint density at radius 2 is 1.86 bits per heavy atom. The second-order valence-corrected chi connectivity index (χ2v) is 7.05. The molecule has 6 heteroatoms. The zero-order chi connectivity index (χ0) is 15.5. The van der Waals surface area contributed by atoms with Gasteiger partial charge in [0.1, 0.15) is 0 Å². The fourth-order valence-corrected chi connectivity index (χ4v) is 4.09. The van der Waals surface area contributed by atoms with Gasteiger partial charge >= 0.3 is 0 Å². The Morgan fingerprint density at radius 3 is 2.52 bits per heavy atom. The van der Waals surface area contributed by atoms with Crippen LogP contribution in [0.3, 0.4) is 0 Å². The lowest BCUT2D eigenvalue weighted by molar-refractivity contribution is 0.600. The third kappa shape index (κ3) is 3.40. The predicted molar refractivity (Wildman–Crippen MR) is 88.1 cm³/mol. The van der Waals surface area contributed by atoms with E-state index in [1.165, 1.54) is 11.8 Å². The molecular weight excluding hydrogens is 304 g/mol. The molecule has 4 nitrogen and oxygen atoms in total. The van der Waals surface area contributed by atoms with E-state index < -0.39 is 10.0 Å². The number of hydrogen-bond donors (Lipinski definition) is 2. The molecule has 0 spiro atoms. The summed E-state index contributed by atoms with van der Waals surface area (Å²) in [5.41, 5.74) is 7.75. The van der Waals surface area contributed by atoms with Gasteiger partial charge in [0.2, 0.25) is 0 Å². The van der Waals surface area contributed by atoms with Crippen molar-refractivity contribution in [2.24, 2.45) is 5.73 Å². The summed E-state index contributed by atoms with van der Waals surface area (Å²) in [5.74, 6) is 0. The minimum atomic E-state index is -3.63. The first-order chi connectivity index (χ1) is 9.99. The first kappa shape index (κ1) is 15.9. The van der Waals surface area contributed by atoms with Crippen LogP contribution in [0.15, 0.2) is 52.3 Å². The Morgan fingerprint density at radius 1 is 1.14 bits per heavy atom. The van der Waals surface area contributed by atoms with Gasteiger partial charge in [-0.1, -0.05) is 24.3 Å². The smallest absolute Gasteiger partial charge is 0.262 e. The van der Waals surface area contributed by atoms with Crippen LogP contribution in [0.1, 0.15) is 11.1 Å². The number of rotatable bonds is 5. The molecule has 0 aliphatic carbocycles. The second kappa shape index (κ2) is 6.51. The highest BCUT2D eigenvalue weighted by atomic mass is 32.2. The Labute approximate surface area is 129 Å². The van der Waals surface area contributed by atoms with Gasteiger partial charge in [0.25, 0.3) is 10.0 Å². The van der Waals surface area contributed by atoms with Crippen molar-refractivity contribution in [1.29, 1.82) is 0 Å². The van der Waals surface area contributed by atoms with Crippen molar-refractivity contribution in [2.75, 3.05) is 11.0 Å². The summed E-state index contributed by atoms with van der Waals surface area (Å²) in [6, 6.07) is 12.5. The maximum absolute atomic E-state index is 12.6. The molecule has 0 fully saturated rings. The summed E-state index contributed by atoms with van der Waals surface area (Å²) in [4.78, 5) is 1.15. The summed E-state index contributed by atoms with van der Waals surface area (Å²) in [5, 5.41) is 0. The summed E-state index contributed by atoms with van der Waals surface area (Å²) >= 11 is 1.50. The Kier molecular flexibility index (Phi) is 4.92. The first-order valence-corrected chi connectivity index (χ1v) is 9.15. The summed E-state index contributed by atoms with van der Waals surface area (Å²) < 4.78 is 27.9. The molecule has 0 unspecified atom stereocenters. The topological polar surface area (TPSA) is 72.2 Å². The number of para-hydroxylation sites is 1. The fourth-order valence-electron chi connectivity index (χ4n) is 2.10. The molecule has 0 amide bonds. The molecule has 2 aromatic carbocycles. The van der Waals surface area contributed by atoms with Crippen molar-refractivity contribution in [3.8, 4) is 0 Å². The van der Waals surface area contributed by atoms with Gasteiger partial charge in [-0.25, -0.2) is 8.42 Å². The SMILES string of the molecule is CSc1ccccc1NS(=O)(=O)c1cccc(CN)c1C. The monoisotopic (exact) mass is 322 g/mol. The van der Waals surface area contributed by atoms with Gasteiger partial charge < -0.3 is 5.73 Å². The number of nitrogens with one attached hydrogen (secondary N) is 1. The van der Waals surface area contributed by atoms with Crippen molar-refractivity contribution in [3.05, 3.63) is 53.6 Å². The third-order valence-corrected chi connectivity index (χ3v) is 5.56. The minimum absolute atomic E-state index is 0.265. The van der Waals surface area contributed by atoms with Crippen LogP contribution >= 0.6 is 11.8 Å². The van der Waals surface area contributed by atoms with E-state index in [9.17, 15) is 8.42 Å². The number of hydrogen-bond acceptors (Lipinski definition) is 4. The van der Waals surface area contributed by atoms with E-state index >= 15 is 0 Å². The quantitative estimate of drug-likeness (QED) is 0.830. The van der Waals surface area contributed by atoms with Gasteiger partial charge in [0.15, 0.2) is 0 Å². The van der Waals surface area contributed by atoms with E-state index in [2.05, 4.69) is 4.72 Å². The van der Waals surface area contributed by atoms with Crippen LogP contribution in [0.25, 0.3) is 0 Å². The van der Waals surface area contributed by atoms with E-state index in [1.807, 2.05) is 24.5 Å². The molecule has 2 aromatic rings. The predicted octanol–water partition coefficient (Wildman–Crippen LogP) is 2.98. The molecule has 0 saturated carbocycles. The van der Waals surface area contributed by atoms with Crippen molar-refractivity contribution < 1.29 is 8.42 Å². The van der Waals surface area contributed by atoms with Crippen LogP contribution in [-0.2, 0) is 16.6 Å². The van der Waals surface area contributed by atoms with E-state index in [0.29, 0.717) is 17.8 Å². The highest BCUT2D eigenvalue weighted by Gasteiger charge is 2.19. The number of sulfonamides is 1. The lowest BCUT2D eigenvalue weighted by atomic mass is 10.1. The molecule has 3 N–H and O–H groups in total. The maximum atomic E-state index is 12.6. The van der Waals surface area contributed by atoms with Crippen molar-refractivity contribution in [3.63, 3.8) is 0 Å². The van der Waals surface area contributed by atoms with Gasteiger partial charge in [-0.15, -0.1) is 11.8 Å². The molecule has 0 atom stereocenters. The van der Waals surface area contributed by atoms with Crippen LogP contribution < -0.4 is 10.5 Å². The Hall–Kier alpha value is -1.50. The van der Waals surface area contributed by atoms with E-state index in [-0.39, 0.29) is 4.90 Å². The van der Waals surface area contributed by atoms with Crippen LogP contribution in [0, 0.1) is 6.92 Å². The van der Waals surface area contributed by atoms with E-state index in [1.54, 1.807) is 31.2 Å². The summed E-state index contributed by atoms with van der Waals surface area (Å²) in [7, 11) is -3.63. The highest BCUT2D eigenvalue weighted by Crippen LogP contribution is 2.28.